The number of hydrogen-bond donors (Lipinski definition) is 0. The number of rotatable bonds is 5. The van der Waals surface area contributed by atoms with Crippen molar-refractivity contribution < 1.29 is 9.53 Å². The molecule has 0 aliphatic heterocycles. The quantitative estimate of drug-likeness (QED) is 0.417. The summed E-state index contributed by atoms with van der Waals surface area (Å²) in [6.07, 6.45) is 10.8. The predicted octanol–water partition coefficient (Wildman–Crippen LogP) is 7.13. The van der Waals surface area contributed by atoms with E-state index in [1.165, 1.54) is 46.7 Å². The summed E-state index contributed by atoms with van der Waals surface area (Å²) in [4.78, 5) is 13.1. The highest BCUT2D eigenvalue weighted by atomic mass is 16.5. The third-order valence-corrected chi connectivity index (χ3v) is 7.25. The predicted molar refractivity (Wildman–Crippen MR) is 126 cm³/mol. The molecule has 0 saturated heterocycles. The van der Waals surface area contributed by atoms with E-state index in [1.807, 2.05) is 6.07 Å². The van der Waals surface area contributed by atoms with Crippen LogP contribution in [0.5, 0.6) is 0 Å². The largest absolute Gasteiger partial charge is 0.457 e. The van der Waals surface area contributed by atoms with Gasteiger partial charge in [0, 0.05) is 6.42 Å². The van der Waals surface area contributed by atoms with Gasteiger partial charge >= 0.3 is 5.97 Å². The van der Waals surface area contributed by atoms with Gasteiger partial charge in [-0.25, -0.2) is 0 Å². The number of ether oxygens (including phenoxy) is 1. The number of aryl methyl sites for hydroxylation is 1. The second kappa shape index (κ2) is 9.26. The van der Waals surface area contributed by atoms with Crippen LogP contribution < -0.4 is 0 Å². The molecule has 160 valence electrons. The van der Waals surface area contributed by atoms with Crippen LogP contribution in [0.2, 0.25) is 0 Å². The Kier molecular flexibility index (Phi) is 6.06. The minimum atomic E-state index is -0.229. The Morgan fingerprint density at radius 3 is 2.45 bits per heavy atom. The number of esters is 1. The molecule has 31 heavy (non-hydrogen) atoms. The molecule has 0 amide bonds. The van der Waals surface area contributed by atoms with Gasteiger partial charge in [-0.05, 0) is 71.6 Å². The molecule has 3 aromatic rings. The van der Waals surface area contributed by atoms with Crippen LogP contribution in [-0.4, -0.2) is 5.97 Å². The zero-order valence-electron chi connectivity index (χ0n) is 18.3. The fraction of sp³-hybridized carbons (Fsp3) is 0.414. The molecule has 0 bridgehead atoms. The zero-order chi connectivity index (χ0) is 21.0. The maximum absolute atomic E-state index is 13.1. The van der Waals surface area contributed by atoms with Crippen LogP contribution in [-0.2, 0) is 28.8 Å². The Morgan fingerprint density at radius 2 is 1.61 bits per heavy atom. The van der Waals surface area contributed by atoms with E-state index in [0.717, 1.165) is 50.5 Å². The molecule has 2 heteroatoms. The number of hydrogen-bond acceptors (Lipinski definition) is 2. The molecule has 3 aromatic carbocycles. The first-order chi connectivity index (χ1) is 15.3. The third kappa shape index (κ3) is 4.39. The van der Waals surface area contributed by atoms with Crippen molar-refractivity contribution in [1.82, 2.24) is 0 Å². The molecule has 2 aliphatic carbocycles. The lowest BCUT2D eigenvalue weighted by Gasteiger charge is -2.27. The van der Waals surface area contributed by atoms with E-state index in [2.05, 4.69) is 54.6 Å². The van der Waals surface area contributed by atoms with Gasteiger partial charge in [0.25, 0.3) is 0 Å². The maximum Gasteiger partial charge on any atom is 0.309 e. The van der Waals surface area contributed by atoms with Crippen LogP contribution in [0.25, 0.3) is 10.8 Å². The van der Waals surface area contributed by atoms with Gasteiger partial charge in [0.2, 0.25) is 0 Å². The first kappa shape index (κ1) is 20.3. The first-order valence-electron chi connectivity index (χ1n) is 12.1. The van der Waals surface area contributed by atoms with Crippen molar-refractivity contribution in [3.05, 3.63) is 82.9 Å². The molecule has 2 aliphatic rings. The summed E-state index contributed by atoms with van der Waals surface area (Å²) in [6.45, 7) is 0. The highest BCUT2D eigenvalue weighted by Gasteiger charge is 2.28. The molecule has 1 saturated carbocycles. The average molecular weight is 413 g/mol. The normalized spacial score (nSPS) is 17.8. The maximum atomic E-state index is 13.1. The molecule has 2 nitrogen and oxygen atoms in total. The second-order valence-corrected chi connectivity index (χ2v) is 9.30. The minimum absolute atomic E-state index is 0.00246. The molecule has 0 N–H and O–H groups in total. The van der Waals surface area contributed by atoms with Crippen LogP contribution in [0.1, 0.15) is 73.3 Å². The fourth-order valence-electron chi connectivity index (χ4n) is 5.57. The summed E-state index contributed by atoms with van der Waals surface area (Å²) in [5, 5.41) is 2.63. The zero-order valence-corrected chi connectivity index (χ0v) is 18.3. The Balaban J connectivity index is 1.52. The lowest BCUT2D eigenvalue weighted by molar-refractivity contribution is -0.155. The molecule has 1 unspecified atom stereocenters. The van der Waals surface area contributed by atoms with Gasteiger partial charge in [-0.3, -0.25) is 4.79 Å². The summed E-state index contributed by atoms with van der Waals surface area (Å²) in [5.41, 5.74) is 5.48. The molecule has 0 radical (unpaired) electrons. The summed E-state index contributed by atoms with van der Waals surface area (Å²) in [7, 11) is 0. The van der Waals surface area contributed by atoms with E-state index in [9.17, 15) is 4.79 Å². The molecule has 1 fully saturated rings. The lowest BCUT2D eigenvalue weighted by Crippen LogP contribution is -2.24. The van der Waals surface area contributed by atoms with Gasteiger partial charge in [0.1, 0.15) is 6.10 Å². The van der Waals surface area contributed by atoms with Crippen LogP contribution >= 0.6 is 0 Å². The number of fused-ring (bicyclic) bond motifs is 2. The van der Waals surface area contributed by atoms with E-state index in [-0.39, 0.29) is 18.0 Å². The van der Waals surface area contributed by atoms with Crippen molar-refractivity contribution in [3.63, 3.8) is 0 Å². The summed E-state index contributed by atoms with van der Waals surface area (Å²) >= 11 is 0. The van der Waals surface area contributed by atoms with Gasteiger partial charge in [0.05, 0.1) is 5.92 Å². The van der Waals surface area contributed by atoms with Crippen LogP contribution in [0.4, 0.5) is 0 Å². The van der Waals surface area contributed by atoms with Crippen LogP contribution in [0.3, 0.4) is 0 Å². The van der Waals surface area contributed by atoms with Crippen molar-refractivity contribution in [2.45, 2.75) is 70.3 Å². The Hall–Kier alpha value is -2.61. The first-order valence-corrected chi connectivity index (χ1v) is 12.1. The number of carbonyl (C=O) groups excluding carboxylic acids is 1. The van der Waals surface area contributed by atoms with Gasteiger partial charge in [-0.2, -0.15) is 0 Å². The molecule has 0 spiro atoms. The van der Waals surface area contributed by atoms with E-state index < -0.39 is 0 Å². The molecular weight excluding hydrogens is 380 g/mol. The van der Waals surface area contributed by atoms with E-state index in [0.29, 0.717) is 0 Å². The average Bonchev–Trinajstić information content (AvgIpc) is 2.84. The highest BCUT2D eigenvalue weighted by Crippen LogP contribution is 2.36. The monoisotopic (exact) mass is 412 g/mol. The summed E-state index contributed by atoms with van der Waals surface area (Å²) < 4.78 is 6.28. The lowest BCUT2D eigenvalue weighted by atomic mass is 9.82. The third-order valence-electron chi connectivity index (χ3n) is 7.25. The SMILES string of the molecule is O=C(OC(Cc1c2c(cc3ccccc13)CCCC2)c1ccccc1)C1CCCCC1. The van der Waals surface area contributed by atoms with Crippen molar-refractivity contribution in [3.8, 4) is 0 Å². The van der Waals surface area contributed by atoms with Gasteiger partial charge in [-0.1, -0.05) is 79.9 Å². The smallest absolute Gasteiger partial charge is 0.309 e. The standard InChI is InChI=1S/C29H32O2/c30-29(22-13-5-2-6-14-22)31-28(21-11-3-1-4-12-21)20-27-25-17-9-7-15-23(25)19-24-16-8-10-18-26(24)27/h1,3-4,7,9,11-12,15,17,19,22,28H,2,5-6,8,10,13-14,16,18,20H2. The van der Waals surface area contributed by atoms with Crippen LogP contribution in [0.15, 0.2) is 60.7 Å². The number of carbonyl (C=O) groups is 1. The van der Waals surface area contributed by atoms with E-state index in [4.69, 9.17) is 4.74 Å². The van der Waals surface area contributed by atoms with Crippen molar-refractivity contribution in [1.29, 1.82) is 0 Å². The van der Waals surface area contributed by atoms with Crippen LogP contribution in [0, 0.1) is 5.92 Å². The minimum Gasteiger partial charge on any atom is -0.457 e. The molecule has 1 atom stereocenters. The van der Waals surface area contributed by atoms with Gasteiger partial charge < -0.3 is 4.74 Å². The summed E-state index contributed by atoms with van der Waals surface area (Å²) in [5.74, 6) is 0.0732. The highest BCUT2D eigenvalue weighted by molar-refractivity contribution is 5.88. The molecular formula is C29H32O2. The van der Waals surface area contributed by atoms with Gasteiger partial charge in [-0.15, -0.1) is 0 Å². The number of benzene rings is 3. The van der Waals surface area contributed by atoms with Gasteiger partial charge in [0.15, 0.2) is 0 Å². The van der Waals surface area contributed by atoms with Crippen molar-refractivity contribution in [2.24, 2.45) is 5.92 Å². The fourth-order valence-corrected chi connectivity index (χ4v) is 5.57. The van der Waals surface area contributed by atoms with Crippen molar-refractivity contribution >= 4 is 16.7 Å². The Bertz CT molecular complexity index is 1050. The van der Waals surface area contributed by atoms with E-state index in [1.54, 1.807) is 0 Å². The molecule has 5 rings (SSSR count). The topological polar surface area (TPSA) is 26.3 Å². The Morgan fingerprint density at radius 1 is 0.871 bits per heavy atom. The Labute approximate surface area is 185 Å². The second-order valence-electron chi connectivity index (χ2n) is 9.30. The molecule has 0 heterocycles. The summed E-state index contributed by atoms with van der Waals surface area (Å²) in [6, 6.07) is 21.5. The molecule has 0 aromatic heterocycles. The van der Waals surface area contributed by atoms with Crippen molar-refractivity contribution in [2.75, 3.05) is 0 Å². The van der Waals surface area contributed by atoms with E-state index >= 15 is 0 Å².